The molecule has 0 aromatic heterocycles. The summed E-state index contributed by atoms with van der Waals surface area (Å²) >= 11 is 6.04. The topological polar surface area (TPSA) is 61.8 Å². The molecule has 3 aromatic carbocycles. The smallest absolute Gasteiger partial charge is 0.343 e. The second kappa shape index (κ2) is 8.24. The van der Waals surface area contributed by atoms with Gasteiger partial charge in [0, 0.05) is 11.6 Å². The van der Waals surface area contributed by atoms with Crippen LogP contribution in [0.25, 0.3) is 6.08 Å². The van der Waals surface area contributed by atoms with Gasteiger partial charge in [-0.15, -0.1) is 0 Å². The van der Waals surface area contributed by atoms with Crippen LogP contribution in [-0.2, 0) is 0 Å². The zero-order valence-electron chi connectivity index (χ0n) is 16.6. The van der Waals surface area contributed by atoms with Gasteiger partial charge in [-0.2, -0.15) is 0 Å². The Morgan fingerprint density at radius 3 is 2.52 bits per heavy atom. The van der Waals surface area contributed by atoms with Crippen molar-refractivity contribution in [3.63, 3.8) is 0 Å². The van der Waals surface area contributed by atoms with Crippen LogP contribution in [0.15, 0.2) is 60.4 Å². The zero-order valence-corrected chi connectivity index (χ0v) is 17.3. The predicted octanol–water partition coefficient (Wildman–Crippen LogP) is 5.63. The molecule has 0 unspecified atom stereocenters. The number of methoxy groups -OCH3 is 1. The Hall–Kier alpha value is -3.64. The van der Waals surface area contributed by atoms with E-state index in [0.717, 1.165) is 0 Å². The number of hydrogen-bond acceptors (Lipinski definition) is 5. The third-order valence-corrected chi connectivity index (χ3v) is 5.08. The summed E-state index contributed by atoms with van der Waals surface area (Å²) in [5.74, 6) is -0.551. The van der Waals surface area contributed by atoms with E-state index in [4.69, 9.17) is 25.8 Å². The number of carbonyl (C=O) groups is 2. The lowest BCUT2D eigenvalue weighted by atomic mass is 10.0. The van der Waals surface area contributed by atoms with Gasteiger partial charge in [0.2, 0.25) is 5.78 Å². The molecule has 4 rings (SSSR count). The number of ether oxygens (including phenoxy) is 3. The predicted molar refractivity (Wildman–Crippen MR) is 113 cm³/mol. The summed E-state index contributed by atoms with van der Waals surface area (Å²) < 4.78 is 30.3. The van der Waals surface area contributed by atoms with E-state index in [1.165, 1.54) is 37.5 Å². The van der Waals surface area contributed by atoms with Crippen LogP contribution in [0.2, 0.25) is 5.02 Å². The molecule has 1 aliphatic heterocycles. The maximum atomic E-state index is 14.1. The molecule has 156 valence electrons. The number of halogens is 2. The first-order valence-electron chi connectivity index (χ1n) is 9.26. The zero-order chi connectivity index (χ0) is 22.1. The molecule has 7 heteroatoms. The number of ketones is 1. The number of hydrogen-bond donors (Lipinski definition) is 0. The highest BCUT2D eigenvalue weighted by molar-refractivity contribution is 6.32. The lowest BCUT2D eigenvalue weighted by Crippen LogP contribution is -2.08. The molecule has 0 amide bonds. The average Bonchev–Trinajstić information content (AvgIpc) is 3.06. The molecule has 31 heavy (non-hydrogen) atoms. The molecular weight excluding hydrogens is 423 g/mol. The van der Waals surface area contributed by atoms with Gasteiger partial charge in [-0.05, 0) is 61.0 Å². The van der Waals surface area contributed by atoms with Crippen LogP contribution >= 0.6 is 11.6 Å². The van der Waals surface area contributed by atoms with Crippen LogP contribution < -0.4 is 14.2 Å². The Balaban J connectivity index is 1.61. The van der Waals surface area contributed by atoms with Gasteiger partial charge >= 0.3 is 5.97 Å². The molecule has 0 N–H and O–H groups in total. The van der Waals surface area contributed by atoms with E-state index >= 15 is 0 Å². The monoisotopic (exact) mass is 438 g/mol. The minimum atomic E-state index is -0.571. The van der Waals surface area contributed by atoms with Crippen LogP contribution in [0.5, 0.6) is 17.2 Å². The first kappa shape index (κ1) is 20.6. The van der Waals surface area contributed by atoms with Crippen LogP contribution in [0.1, 0.15) is 31.8 Å². The summed E-state index contributed by atoms with van der Waals surface area (Å²) in [4.78, 5) is 25.2. The van der Waals surface area contributed by atoms with E-state index in [2.05, 4.69) is 0 Å². The minimum Gasteiger partial charge on any atom is -0.497 e. The number of aryl methyl sites for hydroxylation is 1. The molecule has 5 nitrogen and oxygen atoms in total. The lowest BCUT2D eigenvalue weighted by Gasteiger charge is -2.08. The highest BCUT2D eigenvalue weighted by Gasteiger charge is 2.31. The standard InChI is InChI=1S/C24H16ClFO5/c1-13-10-16(30-24(28)14-6-8-15(29-2)9-7-14)11-20-22(13)23(27)21(31-20)12-17-18(25)4-3-5-19(17)26/h3-12H,1-2H3/b21-12-. The number of carbonyl (C=O) groups excluding carboxylic acids is 2. The maximum absolute atomic E-state index is 14.1. The van der Waals surface area contributed by atoms with Crippen LogP contribution in [-0.4, -0.2) is 18.9 Å². The van der Waals surface area contributed by atoms with E-state index in [1.54, 1.807) is 37.3 Å². The van der Waals surface area contributed by atoms with E-state index in [1.807, 2.05) is 0 Å². The van der Waals surface area contributed by atoms with Gasteiger partial charge in [-0.1, -0.05) is 17.7 Å². The van der Waals surface area contributed by atoms with Crippen LogP contribution in [0.3, 0.4) is 0 Å². The van der Waals surface area contributed by atoms with Gasteiger partial charge in [0.25, 0.3) is 0 Å². The van der Waals surface area contributed by atoms with Crippen molar-refractivity contribution in [2.45, 2.75) is 6.92 Å². The molecule has 1 aliphatic rings. The fourth-order valence-electron chi connectivity index (χ4n) is 3.21. The van der Waals surface area contributed by atoms with Crippen molar-refractivity contribution in [1.82, 2.24) is 0 Å². The van der Waals surface area contributed by atoms with Crippen molar-refractivity contribution in [2.24, 2.45) is 0 Å². The van der Waals surface area contributed by atoms with E-state index in [9.17, 15) is 14.0 Å². The fourth-order valence-corrected chi connectivity index (χ4v) is 3.43. The first-order valence-corrected chi connectivity index (χ1v) is 9.64. The summed E-state index contributed by atoms with van der Waals surface area (Å²) in [5.41, 5.74) is 1.28. The summed E-state index contributed by atoms with van der Waals surface area (Å²) in [6.07, 6.45) is 1.27. The van der Waals surface area contributed by atoms with Gasteiger partial charge in [0.1, 0.15) is 23.1 Å². The Kier molecular flexibility index (Phi) is 5.48. The van der Waals surface area contributed by atoms with Crippen molar-refractivity contribution in [3.05, 3.63) is 93.5 Å². The third-order valence-electron chi connectivity index (χ3n) is 4.76. The van der Waals surface area contributed by atoms with Crippen LogP contribution in [0.4, 0.5) is 4.39 Å². The number of fused-ring (bicyclic) bond motifs is 1. The minimum absolute atomic E-state index is 0.0594. The van der Waals surface area contributed by atoms with Crippen molar-refractivity contribution < 1.29 is 28.2 Å². The molecule has 0 bridgehead atoms. The molecular formula is C24H16ClFO5. The van der Waals surface area contributed by atoms with Gasteiger partial charge in [0.05, 0.1) is 23.3 Å². The molecule has 0 spiro atoms. The highest BCUT2D eigenvalue weighted by atomic mass is 35.5. The van der Waals surface area contributed by atoms with Gasteiger partial charge in [0.15, 0.2) is 5.76 Å². The molecule has 0 aliphatic carbocycles. The van der Waals surface area contributed by atoms with Crippen molar-refractivity contribution >= 4 is 29.4 Å². The van der Waals surface area contributed by atoms with Crippen molar-refractivity contribution in [1.29, 1.82) is 0 Å². The summed E-state index contributed by atoms with van der Waals surface area (Å²) in [6.45, 7) is 1.70. The molecule has 0 atom stereocenters. The largest absolute Gasteiger partial charge is 0.497 e. The normalized spacial score (nSPS) is 13.7. The first-order chi connectivity index (χ1) is 14.9. The molecule has 3 aromatic rings. The fraction of sp³-hybridized carbons (Fsp3) is 0.0833. The van der Waals surface area contributed by atoms with Crippen LogP contribution in [0, 0.1) is 12.7 Å². The quantitative estimate of drug-likeness (QED) is 0.300. The SMILES string of the molecule is COc1ccc(C(=O)Oc2cc(C)c3c(c2)O/C(=C\c2c(F)cccc2Cl)C3=O)cc1. The Bertz CT molecular complexity index is 1210. The van der Waals surface area contributed by atoms with Gasteiger partial charge < -0.3 is 14.2 Å². The van der Waals surface area contributed by atoms with Gasteiger partial charge in [-0.3, -0.25) is 4.79 Å². The Morgan fingerprint density at radius 2 is 1.84 bits per heavy atom. The van der Waals surface area contributed by atoms with Crippen molar-refractivity contribution in [3.8, 4) is 17.2 Å². The lowest BCUT2D eigenvalue weighted by molar-refractivity contribution is 0.0734. The molecule has 0 saturated carbocycles. The van der Waals surface area contributed by atoms with Gasteiger partial charge in [-0.25, -0.2) is 9.18 Å². The molecule has 1 heterocycles. The Labute approximate surface area is 182 Å². The molecule has 0 fully saturated rings. The third kappa shape index (κ3) is 4.02. The maximum Gasteiger partial charge on any atom is 0.343 e. The second-order valence-corrected chi connectivity index (χ2v) is 7.21. The summed E-state index contributed by atoms with van der Waals surface area (Å²) in [5, 5.41) is 0.158. The van der Waals surface area contributed by atoms with E-state index < -0.39 is 17.6 Å². The highest BCUT2D eigenvalue weighted by Crippen LogP contribution is 2.38. The van der Waals surface area contributed by atoms with E-state index in [-0.39, 0.29) is 27.8 Å². The number of Topliss-reactive ketones (excluding diaryl/α,β-unsaturated/α-hetero) is 1. The van der Waals surface area contributed by atoms with E-state index in [0.29, 0.717) is 22.4 Å². The second-order valence-electron chi connectivity index (χ2n) is 6.81. The summed E-state index contributed by atoms with van der Waals surface area (Å²) in [7, 11) is 1.53. The number of esters is 1. The Morgan fingerprint density at radius 1 is 1.10 bits per heavy atom. The number of rotatable bonds is 4. The molecule has 0 saturated heterocycles. The average molecular weight is 439 g/mol. The summed E-state index contributed by atoms with van der Waals surface area (Å²) in [6, 6.07) is 13.7. The molecule has 0 radical (unpaired) electrons. The van der Waals surface area contributed by atoms with Crippen molar-refractivity contribution in [2.75, 3.05) is 7.11 Å². The number of allylic oxidation sites excluding steroid dienone is 1. The number of benzene rings is 3.